The summed E-state index contributed by atoms with van der Waals surface area (Å²) in [7, 11) is -0.669. The van der Waals surface area contributed by atoms with Crippen LogP contribution in [0.3, 0.4) is 0 Å². The molecule has 0 aromatic rings. The summed E-state index contributed by atoms with van der Waals surface area (Å²) in [5.41, 5.74) is 0.759. The van der Waals surface area contributed by atoms with Crippen molar-refractivity contribution in [3.63, 3.8) is 0 Å². The van der Waals surface area contributed by atoms with Crippen molar-refractivity contribution in [2.75, 3.05) is 14.2 Å². The quantitative estimate of drug-likeness (QED) is 0.620. The molecule has 9 heteroatoms. The fourth-order valence-corrected chi connectivity index (χ4v) is 5.06. The Hall–Kier alpha value is -3.07. The molecule has 7 nitrogen and oxygen atoms in total. The summed E-state index contributed by atoms with van der Waals surface area (Å²) in [6.45, 7) is 0. The van der Waals surface area contributed by atoms with Gasteiger partial charge in [0, 0.05) is 25.1 Å². The molecular formula is C23H25FN2O5S. The molecular weight excluding hydrogens is 435 g/mol. The van der Waals surface area contributed by atoms with Crippen LogP contribution in [0.5, 0.6) is 0 Å². The first-order valence-corrected chi connectivity index (χ1v) is 11.8. The van der Waals surface area contributed by atoms with E-state index >= 15 is 0 Å². The van der Waals surface area contributed by atoms with E-state index in [1.54, 1.807) is 50.8 Å². The lowest BCUT2D eigenvalue weighted by molar-refractivity contribution is 0.187. The molecule has 0 fully saturated rings. The Bertz CT molecular complexity index is 1140. The highest BCUT2D eigenvalue weighted by Crippen LogP contribution is 2.39. The third-order valence-corrected chi connectivity index (χ3v) is 6.94. The maximum Gasteiger partial charge on any atom is 0.261 e. The summed E-state index contributed by atoms with van der Waals surface area (Å²) in [5.74, 6) is 2.13. The highest BCUT2D eigenvalue weighted by molar-refractivity contribution is 7.93. The smallest absolute Gasteiger partial charge is 0.261 e. The first-order valence-electron chi connectivity index (χ1n) is 10.3. The molecule has 32 heavy (non-hydrogen) atoms. The molecule has 0 saturated carbocycles. The van der Waals surface area contributed by atoms with E-state index in [-0.39, 0.29) is 22.9 Å². The first kappa shape index (κ1) is 22.1. The van der Waals surface area contributed by atoms with Crippen LogP contribution in [0.2, 0.25) is 0 Å². The van der Waals surface area contributed by atoms with Crippen molar-refractivity contribution in [3.05, 3.63) is 81.9 Å². The molecule has 1 heterocycles. The second kappa shape index (κ2) is 9.20. The molecule has 2 unspecified atom stereocenters. The van der Waals surface area contributed by atoms with Crippen LogP contribution in [0, 0.1) is 5.92 Å². The average molecular weight is 461 g/mol. The molecule has 4 aliphatic rings. The topological polar surface area (TPSA) is 86.2 Å². The van der Waals surface area contributed by atoms with Crippen molar-refractivity contribution in [2.45, 2.75) is 31.9 Å². The number of hydrogen-bond acceptors (Lipinski definition) is 6. The van der Waals surface area contributed by atoms with Crippen LogP contribution in [0.1, 0.15) is 25.7 Å². The molecule has 0 saturated heterocycles. The van der Waals surface area contributed by atoms with Gasteiger partial charge < -0.3 is 14.2 Å². The standard InChI is InChI=1S/C23H25FN2O5S/c1-29-22-13-17-20(14-23(22)30-2)25-11-10-21(17)31-15-8-9-19(18(24)12-15)26-32(27,28)16-6-4-3-5-7-16/h4,6-11,14,17-18,26H,3,5,12-13H2,1-2H3. The largest absolute Gasteiger partial charge is 0.497 e. The van der Waals surface area contributed by atoms with Crippen molar-refractivity contribution >= 4 is 16.2 Å². The maximum atomic E-state index is 14.8. The van der Waals surface area contributed by atoms with Gasteiger partial charge in [-0.15, -0.1) is 0 Å². The number of halogens is 1. The molecule has 0 radical (unpaired) electrons. The summed E-state index contributed by atoms with van der Waals surface area (Å²) in [5, 5.41) is 0. The second-order valence-corrected chi connectivity index (χ2v) is 9.27. The zero-order valence-electron chi connectivity index (χ0n) is 17.9. The monoisotopic (exact) mass is 460 g/mol. The van der Waals surface area contributed by atoms with Gasteiger partial charge in [-0.1, -0.05) is 12.2 Å². The van der Waals surface area contributed by atoms with Gasteiger partial charge in [-0.25, -0.2) is 12.8 Å². The molecule has 0 aromatic heterocycles. The van der Waals surface area contributed by atoms with Crippen molar-refractivity contribution in [1.29, 1.82) is 0 Å². The molecule has 1 N–H and O–H groups in total. The average Bonchev–Trinajstić information content (AvgIpc) is 2.80. The van der Waals surface area contributed by atoms with Gasteiger partial charge in [0.1, 0.15) is 23.4 Å². The van der Waals surface area contributed by atoms with E-state index in [4.69, 9.17) is 14.2 Å². The number of allylic oxidation sites excluding steroid dienone is 10. The Morgan fingerprint density at radius 1 is 1.12 bits per heavy atom. The Labute approximate surface area is 187 Å². The minimum absolute atomic E-state index is 0.0102. The lowest BCUT2D eigenvalue weighted by Gasteiger charge is -2.29. The first-order chi connectivity index (χ1) is 15.4. The third-order valence-electron chi connectivity index (χ3n) is 5.51. The van der Waals surface area contributed by atoms with E-state index in [0.717, 1.165) is 12.1 Å². The minimum Gasteiger partial charge on any atom is -0.497 e. The molecule has 2 atom stereocenters. The molecule has 0 aromatic carbocycles. The highest BCUT2D eigenvalue weighted by Gasteiger charge is 2.32. The Kier molecular flexibility index (Phi) is 6.36. The Morgan fingerprint density at radius 3 is 2.66 bits per heavy atom. The van der Waals surface area contributed by atoms with Gasteiger partial charge in [0.05, 0.1) is 36.4 Å². The fourth-order valence-electron chi connectivity index (χ4n) is 3.82. The van der Waals surface area contributed by atoms with E-state index in [1.807, 2.05) is 0 Å². The lowest BCUT2D eigenvalue weighted by Crippen LogP contribution is -2.30. The molecule has 0 spiro atoms. The van der Waals surface area contributed by atoms with E-state index in [2.05, 4.69) is 9.71 Å². The van der Waals surface area contributed by atoms with Crippen LogP contribution in [0.25, 0.3) is 0 Å². The zero-order chi connectivity index (χ0) is 22.7. The number of fused-ring (bicyclic) bond motifs is 1. The van der Waals surface area contributed by atoms with Crippen LogP contribution >= 0.6 is 0 Å². The summed E-state index contributed by atoms with van der Waals surface area (Å²) < 4.78 is 59.0. The molecule has 3 aliphatic carbocycles. The number of nitrogens with one attached hydrogen (secondary N) is 1. The predicted octanol–water partition coefficient (Wildman–Crippen LogP) is 4.04. The van der Waals surface area contributed by atoms with Crippen molar-refractivity contribution in [1.82, 2.24) is 4.72 Å². The van der Waals surface area contributed by atoms with Crippen molar-refractivity contribution in [2.24, 2.45) is 10.9 Å². The maximum absolute atomic E-state index is 14.8. The third kappa shape index (κ3) is 4.57. The van der Waals surface area contributed by atoms with Gasteiger partial charge in [0.15, 0.2) is 5.76 Å². The van der Waals surface area contributed by atoms with Crippen LogP contribution < -0.4 is 4.72 Å². The summed E-state index contributed by atoms with van der Waals surface area (Å²) in [6.07, 6.45) is 13.4. The Balaban J connectivity index is 1.48. The number of nitrogens with zero attached hydrogens (tertiary/aromatic N) is 1. The highest BCUT2D eigenvalue weighted by atomic mass is 32.2. The van der Waals surface area contributed by atoms with Crippen molar-refractivity contribution in [3.8, 4) is 0 Å². The molecule has 0 bridgehead atoms. The zero-order valence-corrected chi connectivity index (χ0v) is 18.7. The van der Waals surface area contributed by atoms with Gasteiger partial charge in [0.2, 0.25) is 0 Å². The van der Waals surface area contributed by atoms with Gasteiger partial charge >= 0.3 is 0 Å². The van der Waals surface area contributed by atoms with Gasteiger partial charge in [-0.2, -0.15) is 0 Å². The van der Waals surface area contributed by atoms with Gasteiger partial charge in [0.25, 0.3) is 10.0 Å². The van der Waals surface area contributed by atoms with Crippen LogP contribution in [0.4, 0.5) is 4.39 Å². The number of rotatable bonds is 7. The van der Waals surface area contributed by atoms with Crippen LogP contribution in [0.15, 0.2) is 86.9 Å². The molecule has 170 valence electrons. The molecule has 4 rings (SSSR count). The fraction of sp³-hybridized carbons (Fsp3) is 0.348. The summed E-state index contributed by atoms with van der Waals surface area (Å²) >= 11 is 0. The number of aliphatic imine (C=N–C) groups is 1. The number of methoxy groups -OCH3 is 2. The number of alkyl halides is 1. The number of sulfonamides is 1. The van der Waals surface area contributed by atoms with Gasteiger partial charge in [-0.05, 0) is 37.1 Å². The minimum atomic E-state index is -3.81. The van der Waals surface area contributed by atoms with E-state index in [9.17, 15) is 12.8 Å². The lowest BCUT2D eigenvalue weighted by atomic mass is 9.91. The van der Waals surface area contributed by atoms with Crippen molar-refractivity contribution < 1.29 is 27.0 Å². The molecule has 1 aliphatic heterocycles. The summed E-state index contributed by atoms with van der Waals surface area (Å²) in [6, 6.07) is 0. The second-order valence-electron chi connectivity index (χ2n) is 7.59. The number of hydrogen-bond donors (Lipinski definition) is 1. The number of ether oxygens (including phenoxy) is 3. The predicted molar refractivity (Wildman–Crippen MR) is 119 cm³/mol. The summed E-state index contributed by atoms with van der Waals surface area (Å²) in [4.78, 5) is 4.55. The SMILES string of the molecule is COC1=C(OC)CC2C(=C1)N=CC=C2OC1=CC=C(NS(=O)(=O)C2=CCCC=C2)C(F)C1. The van der Waals surface area contributed by atoms with Crippen LogP contribution in [-0.2, 0) is 24.2 Å². The molecule has 0 amide bonds. The normalized spacial score (nSPS) is 25.0. The Morgan fingerprint density at radius 2 is 1.97 bits per heavy atom. The van der Waals surface area contributed by atoms with E-state index in [0.29, 0.717) is 35.9 Å². The van der Waals surface area contributed by atoms with E-state index in [1.165, 1.54) is 12.2 Å². The van der Waals surface area contributed by atoms with Crippen LogP contribution in [-0.4, -0.2) is 35.0 Å². The van der Waals surface area contributed by atoms with Gasteiger partial charge in [-0.3, -0.25) is 9.71 Å². The van der Waals surface area contributed by atoms with E-state index < -0.39 is 16.2 Å². The number of dihydropyridines is 1.